The maximum Gasteiger partial charge on any atom is 0.153 e. The highest BCUT2D eigenvalue weighted by Gasteiger charge is 2.72. The van der Waals surface area contributed by atoms with Gasteiger partial charge in [0.2, 0.25) is 0 Å². The molecule has 7 aliphatic rings. The molecule has 0 radical (unpaired) electrons. The third-order valence-electron chi connectivity index (χ3n) is 12.3. The third-order valence-corrected chi connectivity index (χ3v) is 12.3. The molecule has 3 N–H and O–H groups in total. The zero-order valence-corrected chi connectivity index (χ0v) is 20.5. The van der Waals surface area contributed by atoms with E-state index in [2.05, 4.69) is 16.0 Å². The van der Waals surface area contributed by atoms with Gasteiger partial charge in [-0.1, -0.05) is 63.6 Å². The number of fused-ring (bicyclic) bond motifs is 9. The zero-order chi connectivity index (χ0) is 21.1. The lowest BCUT2D eigenvalue weighted by Gasteiger charge is -2.66. The average molecular weight is 438 g/mol. The molecule has 178 valence electrons. The first-order chi connectivity index (χ1) is 15.9. The highest BCUT2D eigenvalue weighted by atomic mass is 15.1. The van der Waals surface area contributed by atoms with E-state index in [1.165, 1.54) is 103 Å². The summed E-state index contributed by atoms with van der Waals surface area (Å²) in [6, 6.07) is 2.43. The molecule has 4 aliphatic heterocycles. The highest BCUT2D eigenvalue weighted by molar-refractivity contribution is 6.64. The highest BCUT2D eigenvalue weighted by Crippen LogP contribution is 2.69. The minimum absolute atomic E-state index is 0.532. The largest absolute Gasteiger partial charge is 0.314 e. The summed E-state index contributed by atoms with van der Waals surface area (Å²) >= 11 is 0. The predicted octanol–water partition coefficient (Wildman–Crippen LogP) is 5.25. The van der Waals surface area contributed by atoms with E-state index >= 15 is 0 Å². The Labute approximate surface area is 197 Å². The van der Waals surface area contributed by atoms with Crippen LogP contribution in [0.2, 0.25) is 17.5 Å². The summed E-state index contributed by atoms with van der Waals surface area (Å²) in [5.74, 6) is 5.83. The van der Waals surface area contributed by atoms with Crippen molar-refractivity contribution in [3.8, 4) is 0 Å². The lowest BCUT2D eigenvalue weighted by atomic mass is 9.18. The van der Waals surface area contributed by atoms with Crippen molar-refractivity contribution in [2.24, 2.45) is 23.2 Å². The fourth-order valence-electron chi connectivity index (χ4n) is 11.8. The molecule has 0 aromatic rings. The summed E-state index contributed by atoms with van der Waals surface area (Å²) in [4.78, 5) is 0. The molecular weight excluding hydrogens is 389 g/mol. The summed E-state index contributed by atoms with van der Waals surface area (Å²) in [5, 5.41) is 12.9. The smallest absolute Gasteiger partial charge is 0.153 e. The molecule has 7 fully saturated rings. The summed E-state index contributed by atoms with van der Waals surface area (Å²) in [6.07, 6.45) is 22.5. The first-order valence-electron chi connectivity index (χ1n) is 15.1. The van der Waals surface area contributed by atoms with Crippen molar-refractivity contribution in [2.75, 3.05) is 19.6 Å². The molecule has 0 bridgehead atoms. The van der Waals surface area contributed by atoms with Gasteiger partial charge in [-0.3, -0.25) is 0 Å². The van der Waals surface area contributed by atoms with Crippen molar-refractivity contribution in [1.29, 1.82) is 0 Å². The minimum Gasteiger partial charge on any atom is -0.314 e. The van der Waals surface area contributed by atoms with Crippen LogP contribution in [0.1, 0.15) is 96.3 Å². The van der Waals surface area contributed by atoms with E-state index in [1.807, 2.05) is 0 Å². The van der Waals surface area contributed by atoms with Gasteiger partial charge >= 0.3 is 0 Å². The molecule has 3 saturated carbocycles. The van der Waals surface area contributed by atoms with Gasteiger partial charge in [-0.15, -0.1) is 0 Å². The van der Waals surface area contributed by atoms with E-state index in [-0.39, 0.29) is 0 Å². The monoisotopic (exact) mass is 437 g/mol. The molecule has 0 amide bonds. The van der Waals surface area contributed by atoms with Crippen LogP contribution in [0.25, 0.3) is 0 Å². The van der Waals surface area contributed by atoms with Gasteiger partial charge in [0.05, 0.1) is 0 Å². The van der Waals surface area contributed by atoms with E-state index in [0.717, 1.165) is 60.0 Å². The molecule has 3 aliphatic carbocycles. The van der Waals surface area contributed by atoms with Gasteiger partial charge < -0.3 is 16.0 Å². The Balaban J connectivity index is 1.36. The molecule has 8 unspecified atom stereocenters. The van der Waals surface area contributed by atoms with Crippen LogP contribution in [0.15, 0.2) is 0 Å². The third kappa shape index (κ3) is 2.97. The molecule has 8 atom stereocenters. The molecule has 0 aromatic heterocycles. The van der Waals surface area contributed by atoms with Crippen molar-refractivity contribution in [1.82, 2.24) is 16.0 Å². The Morgan fingerprint density at radius 3 is 1.88 bits per heavy atom. The Morgan fingerprint density at radius 1 is 0.531 bits per heavy atom. The van der Waals surface area contributed by atoms with E-state index < -0.39 is 0 Å². The molecule has 4 heteroatoms. The number of hydrogen-bond acceptors (Lipinski definition) is 3. The Hall–Kier alpha value is -0.0551. The lowest BCUT2D eigenvalue weighted by molar-refractivity contribution is -0.0329. The SMILES string of the molecule is C1CCC(B2C3CCCNC3C3(C4CCCCC4C4NCCCC43)C3NCCCC23)CC1. The maximum atomic E-state index is 4.35. The molecular formula is C28H48BN3. The molecule has 4 heterocycles. The second-order valence-corrected chi connectivity index (χ2v) is 13.2. The average Bonchev–Trinajstić information content (AvgIpc) is 3.16. The Kier molecular flexibility index (Phi) is 5.68. The minimum atomic E-state index is 0.532. The van der Waals surface area contributed by atoms with Crippen LogP contribution in [0, 0.1) is 23.2 Å². The van der Waals surface area contributed by atoms with E-state index in [1.54, 1.807) is 12.8 Å². The van der Waals surface area contributed by atoms with Crippen molar-refractivity contribution >= 4 is 6.71 Å². The zero-order valence-electron chi connectivity index (χ0n) is 20.5. The van der Waals surface area contributed by atoms with E-state index in [0.29, 0.717) is 5.41 Å². The van der Waals surface area contributed by atoms with Crippen molar-refractivity contribution in [3.05, 3.63) is 0 Å². The number of piperidine rings is 3. The molecule has 4 saturated heterocycles. The molecule has 32 heavy (non-hydrogen) atoms. The lowest BCUT2D eigenvalue weighted by Crippen LogP contribution is -2.73. The van der Waals surface area contributed by atoms with Gasteiger partial charge in [0.1, 0.15) is 0 Å². The first-order valence-corrected chi connectivity index (χ1v) is 15.1. The van der Waals surface area contributed by atoms with Crippen LogP contribution in [0.3, 0.4) is 0 Å². The van der Waals surface area contributed by atoms with Gasteiger partial charge in [-0.25, -0.2) is 0 Å². The van der Waals surface area contributed by atoms with Gasteiger partial charge in [0.15, 0.2) is 6.71 Å². The summed E-state index contributed by atoms with van der Waals surface area (Å²) in [7, 11) is 0. The van der Waals surface area contributed by atoms with Crippen LogP contribution in [0.4, 0.5) is 0 Å². The standard InChI is InChI=1S/C28H48BN3/c1-2-9-19(10-3-1)29-23-14-7-17-31-26(23)28(27-24(29)15-8-18-32-27)21-12-5-4-11-20(21)25-22(28)13-6-16-30-25/h19-27,30-32H,1-18H2. The topological polar surface area (TPSA) is 36.1 Å². The normalized spacial score (nSPS) is 51.6. The summed E-state index contributed by atoms with van der Waals surface area (Å²) in [5.41, 5.74) is 0.532. The number of hydrogen-bond donors (Lipinski definition) is 3. The van der Waals surface area contributed by atoms with Gasteiger partial charge in [0.25, 0.3) is 0 Å². The van der Waals surface area contributed by atoms with Gasteiger partial charge in [-0.05, 0) is 87.5 Å². The van der Waals surface area contributed by atoms with Crippen LogP contribution in [-0.4, -0.2) is 44.5 Å². The summed E-state index contributed by atoms with van der Waals surface area (Å²) < 4.78 is 0. The van der Waals surface area contributed by atoms with Crippen molar-refractivity contribution in [3.63, 3.8) is 0 Å². The second kappa shape index (κ2) is 8.56. The van der Waals surface area contributed by atoms with Crippen LogP contribution in [0.5, 0.6) is 0 Å². The molecule has 3 nitrogen and oxygen atoms in total. The Bertz CT molecular complexity index is 630. The number of nitrogens with one attached hydrogen (secondary N) is 3. The van der Waals surface area contributed by atoms with Crippen LogP contribution in [-0.2, 0) is 0 Å². The second-order valence-electron chi connectivity index (χ2n) is 13.2. The van der Waals surface area contributed by atoms with Crippen LogP contribution < -0.4 is 16.0 Å². The van der Waals surface area contributed by atoms with Gasteiger partial charge in [0, 0.05) is 23.5 Å². The Morgan fingerprint density at radius 2 is 1.12 bits per heavy atom. The van der Waals surface area contributed by atoms with Crippen molar-refractivity contribution < 1.29 is 0 Å². The van der Waals surface area contributed by atoms with Crippen molar-refractivity contribution in [2.45, 2.75) is 132 Å². The van der Waals surface area contributed by atoms with Crippen LogP contribution >= 0.6 is 0 Å². The molecule has 7 rings (SSSR count). The predicted molar refractivity (Wildman–Crippen MR) is 135 cm³/mol. The fourth-order valence-corrected chi connectivity index (χ4v) is 11.8. The maximum absolute atomic E-state index is 4.35. The van der Waals surface area contributed by atoms with Gasteiger partial charge in [-0.2, -0.15) is 0 Å². The van der Waals surface area contributed by atoms with E-state index in [4.69, 9.17) is 0 Å². The summed E-state index contributed by atoms with van der Waals surface area (Å²) in [6.45, 7) is 4.88. The molecule has 1 spiro atoms. The quantitative estimate of drug-likeness (QED) is 0.491. The number of rotatable bonds is 1. The first kappa shape index (κ1) is 21.2. The molecule has 0 aromatic carbocycles. The van der Waals surface area contributed by atoms with E-state index in [9.17, 15) is 0 Å². The fraction of sp³-hybridized carbons (Fsp3) is 1.00.